The zero-order valence-electron chi connectivity index (χ0n) is 18.7. The van der Waals surface area contributed by atoms with E-state index in [1.54, 1.807) is 0 Å². The monoisotopic (exact) mass is 402 g/mol. The van der Waals surface area contributed by atoms with Gasteiger partial charge in [-0.25, -0.2) is 0 Å². The lowest BCUT2D eigenvalue weighted by Gasteiger charge is -2.26. The third kappa shape index (κ3) is 22.1. The van der Waals surface area contributed by atoms with Crippen LogP contribution in [0.5, 0.6) is 0 Å². The van der Waals surface area contributed by atoms with Gasteiger partial charge in [0.2, 0.25) is 0 Å². The van der Waals surface area contributed by atoms with Crippen LogP contribution in [-0.4, -0.2) is 52.4 Å². The molecule has 0 aromatic rings. The van der Waals surface area contributed by atoms with E-state index in [9.17, 15) is 0 Å². The second-order valence-corrected chi connectivity index (χ2v) is 8.50. The molecule has 0 radical (unpaired) electrons. The van der Waals surface area contributed by atoms with Gasteiger partial charge in [0.05, 0.1) is 6.54 Å². The molecule has 0 fully saturated rings. The van der Waals surface area contributed by atoms with E-state index >= 15 is 0 Å². The molecule has 0 aromatic carbocycles. The van der Waals surface area contributed by atoms with Crippen molar-refractivity contribution in [1.82, 2.24) is 4.90 Å². The minimum Gasteiger partial charge on any atom is -0.343 e. The van der Waals surface area contributed by atoms with Crippen molar-refractivity contribution in [2.75, 3.05) is 26.2 Å². The third-order valence-corrected chi connectivity index (χ3v) is 5.44. The van der Waals surface area contributed by atoms with Gasteiger partial charge in [-0.3, -0.25) is 4.90 Å². The number of hydrogen-bond donors (Lipinski definition) is 4. The van der Waals surface area contributed by atoms with Crippen LogP contribution in [-0.2, 0) is 0 Å². The Hall–Kier alpha value is -0.200. The normalized spacial score (nSPS) is 12.2. The Bertz CT molecular complexity index is 309. The highest BCUT2D eigenvalue weighted by Crippen LogP contribution is 2.14. The lowest BCUT2D eigenvalue weighted by Crippen LogP contribution is -2.44. The summed E-state index contributed by atoms with van der Waals surface area (Å²) < 4.78 is 0. The summed E-state index contributed by atoms with van der Waals surface area (Å²) in [6, 6.07) is 0. The van der Waals surface area contributed by atoms with Crippen molar-refractivity contribution in [3.8, 4) is 0 Å². The maximum Gasteiger partial charge on any atom is 0.288 e. The van der Waals surface area contributed by atoms with Crippen LogP contribution >= 0.6 is 0 Å². The molecule has 0 unspecified atom stereocenters. The molecule has 0 heterocycles. The van der Waals surface area contributed by atoms with E-state index in [2.05, 4.69) is 6.92 Å². The van der Waals surface area contributed by atoms with Gasteiger partial charge >= 0.3 is 0 Å². The highest BCUT2D eigenvalue weighted by Gasteiger charge is 2.22. The predicted molar refractivity (Wildman–Crippen MR) is 119 cm³/mol. The number of aliphatic hydroxyl groups is 3. The molecule has 0 saturated carbocycles. The Morgan fingerprint density at radius 1 is 0.571 bits per heavy atom. The summed E-state index contributed by atoms with van der Waals surface area (Å²) in [5, 5.41) is 27.5. The average molecular weight is 403 g/mol. The molecule has 0 rings (SSSR count). The van der Waals surface area contributed by atoms with Crippen LogP contribution in [0, 0.1) is 0 Å². The molecule has 170 valence electrons. The van der Waals surface area contributed by atoms with Crippen LogP contribution in [0.1, 0.15) is 116 Å². The largest absolute Gasteiger partial charge is 0.343 e. The van der Waals surface area contributed by atoms with Gasteiger partial charge in [0.15, 0.2) is 0 Å². The van der Waals surface area contributed by atoms with E-state index in [1.165, 1.54) is 89.9 Å². The van der Waals surface area contributed by atoms with Crippen molar-refractivity contribution in [2.24, 2.45) is 5.73 Å². The molecule has 0 aromatic heterocycles. The average Bonchev–Trinajstić information content (AvgIpc) is 2.64. The molecule has 5 N–H and O–H groups in total. The molecule has 0 saturated heterocycles. The van der Waals surface area contributed by atoms with Gasteiger partial charge in [0, 0.05) is 0 Å². The molecule has 0 bridgehead atoms. The topological polar surface area (TPSA) is 90.0 Å². The van der Waals surface area contributed by atoms with Crippen molar-refractivity contribution < 1.29 is 15.3 Å². The van der Waals surface area contributed by atoms with Crippen LogP contribution < -0.4 is 5.73 Å². The summed E-state index contributed by atoms with van der Waals surface area (Å²) in [6.07, 6.45) is 22.3. The summed E-state index contributed by atoms with van der Waals surface area (Å²) in [5.74, 6) is -2.61. The molecular weight excluding hydrogens is 352 g/mol. The van der Waals surface area contributed by atoms with Gasteiger partial charge in [0.25, 0.3) is 5.97 Å². The minimum atomic E-state index is -2.61. The number of nitrogens with zero attached hydrogens (tertiary/aromatic N) is 1. The SMILES string of the molecule is CCCCCCCCCCCCCCCCCCN(CCCN)CC(O)(O)O. The van der Waals surface area contributed by atoms with Crippen molar-refractivity contribution in [2.45, 2.75) is 122 Å². The smallest absolute Gasteiger partial charge is 0.288 e. The maximum absolute atomic E-state index is 9.16. The van der Waals surface area contributed by atoms with Gasteiger partial charge in [-0.05, 0) is 32.5 Å². The van der Waals surface area contributed by atoms with Crippen molar-refractivity contribution in [1.29, 1.82) is 0 Å². The van der Waals surface area contributed by atoms with Gasteiger partial charge in [0.1, 0.15) is 0 Å². The minimum absolute atomic E-state index is 0.133. The van der Waals surface area contributed by atoms with Crippen LogP contribution in [0.25, 0.3) is 0 Å². The molecule has 0 atom stereocenters. The van der Waals surface area contributed by atoms with Crippen LogP contribution in [0.15, 0.2) is 0 Å². The zero-order chi connectivity index (χ0) is 20.9. The van der Waals surface area contributed by atoms with Gasteiger partial charge in [-0.2, -0.15) is 0 Å². The summed E-state index contributed by atoms with van der Waals surface area (Å²) in [4.78, 5) is 1.89. The van der Waals surface area contributed by atoms with Crippen LogP contribution in [0.3, 0.4) is 0 Å². The van der Waals surface area contributed by atoms with E-state index < -0.39 is 5.97 Å². The Kier molecular flexibility index (Phi) is 19.9. The molecule has 0 aliphatic carbocycles. The maximum atomic E-state index is 9.16. The summed E-state index contributed by atoms with van der Waals surface area (Å²) in [5.41, 5.74) is 5.52. The predicted octanol–water partition coefficient (Wildman–Crippen LogP) is 4.53. The van der Waals surface area contributed by atoms with Crippen molar-refractivity contribution in [3.63, 3.8) is 0 Å². The quantitative estimate of drug-likeness (QED) is 0.158. The summed E-state index contributed by atoms with van der Waals surface area (Å²) in [6.45, 7) is 4.19. The second-order valence-electron chi connectivity index (χ2n) is 8.50. The number of unbranched alkanes of at least 4 members (excludes halogenated alkanes) is 15. The summed E-state index contributed by atoms with van der Waals surface area (Å²) >= 11 is 0. The van der Waals surface area contributed by atoms with E-state index in [4.69, 9.17) is 21.1 Å². The molecule has 0 spiro atoms. The van der Waals surface area contributed by atoms with Gasteiger partial charge in [-0.15, -0.1) is 0 Å². The first-order valence-corrected chi connectivity index (χ1v) is 12.1. The molecule has 28 heavy (non-hydrogen) atoms. The number of hydrogen-bond acceptors (Lipinski definition) is 5. The van der Waals surface area contributed by atoms with E-state index in [-0.39, 0.29) is 6.54 Å². The fourth-order valence-corrected chi connectivity index (χ4v) is 3.77. The lowest BCUT2D eigenvalue weighted by atomic mass is 10.0. The van der Waals surface area contributed by atoms with E-state index in [0.717, 1.165) is 25.8 Å². The van der Waals surface area contributed by atoms with Crippen molar-refractivity contribution >= 4 is 0 Å². The highest BCUT2D eigenvalue weighted by molar-refractivity contribution is 4.63. The van der Waals surface area contributed by atoms with Crippen LogP contribution in [0.4, 0.5) is 0 Å². The number of rotatable bonds is 22. The first kappa shape index (κ1) is 27.8. The third-order valence-electron chi connectivity index (χ3n) is 5.44. The summed E-state index contributed by atoms with van der Waals surface area (Å²) in [7, 11) is 0. The molecule has 0 aliphatic heterocycles. The number of nitrogens with two attached hydrogens (primary N) is 1. The van der Waals surface area contributed by atoms with Crippen LogP contribution in [0.2, 0.25) is 0 Å². The van der Waals surface area contributed by atoms with Crippen molar-refractivity contribution in [3.05, 3.63) is 0 Å². The van der Waals surface area contributed by atoms with Gasteiger partial charge in [-0.1, -0.05) is 103 Å². The Balaban J connectivity index is 3.37. The molecule has 0 amide bonds. The zero-order valence-corrected chi connectivity index (χ0v) is 18.7. The van der Waals surface area contributed by atoms with E-state index in [1.807, 2.05) is 4.90 Å². The molecule has 5 heteroatoms. The molecule has 0 aliphatic rings. The highest BCUT2D eigenvalue weighted by atomic mass is 16.7. The Morgan fingerprint density at radius 2 is 0.929 bits per heavy atom. The fraction of sp³-hybridized carbons (Fsp3) is 1.00. The van der Waals surface area contributed by atoms with E-state index in [0.29, 0.717) is 13.1 Å². The van der Waals surface area contributed by atoms with Gasteiger partial charge < -0.3 is 21.1 Å². The molecular formula is C23H50N2O3. The standard InChI is InChI=1S/C23H50N2O3/c1-2-3-4-5-6-7-8-9-10-11-12-13-14-15-16-17-20-25(21-18-19-24)22-23(26,27)28/h26-28H,2-22,24H2,1H3. The first-order chi connectivity index (χ1) is 13.5. The fourth-order valence-electron chi connectivity index (χ4n) is 3.77. The Morgan fingerprint density at radius 3 is 1.29 bits per heavy atom. The Labute approximate surface area is 174 Å². The first-order valence-electron chi connectivity index (χ1n) is 12.1. The lowest BCUT2D eigenvalue weighted by molar-refractivity contribution is -0.317. The molecule has 5 nitrogen and oxygen atoms in total. The second kappa shape index (κ2) is 20.1.